The second-order valence-corrected chi connectivity index (χ2v) is 12.8. The van der Waals surface area contributed by atoms with E-state index in [1.807, 2.05) is 11.3 Å². The summed E-state index contributed by atoms with van der Waals surface area (Å²) in [7, 11) is 0. The van der Waals surface area contributed by atoms with Crippen molar-refractivity contribution in [3.63, 3.8) is 0 Å². The zero-order chi connectivity index (χ0) is 27.3. The Morgan fingerprint density at radius 3 is 2.07 bits per heavy atom. The molecule has 0 radical (unpaired) electrons. The van der Waals surface area contributed by atoms with Crippen LogP contribution in [-0.4, -0.2) is 4.57 Å². The van der Waals surface area contributed by atoms with Crippen molar-refractivity contribution in [3.8, 4) is 27.9 Å². The van der Waals surface area contributed by atoms with Gasteiger partial charge >= 0.3 is 0 Å². The molecule has 6 aromatic carbocycles. The lowest BCUT2D eigenvalue weighted by molar-refractivity contribution is 0.667. The first-order chi connectivity index (χ1) is 20.1. The molecule has 2 heterocycles. The average Bonchev–Trinajstić information content (AvgIpc) is 3.64. The van der Waals surface area contributed by atoms with Gasteiger partial charge in [-0.2, -0.15) is 0 Å². The zero-order valence-corrected chi connectivity index (χ0v) is 23.8. The molecule has 1 nitrogen and oxygen atoms in total. The molecule has 0 amide bonds. The molecule has 0 aliphatic heterocycles. The van der Waals surface area contributed by atoms with Crippen molar-refractivity contribution in [1.29, 1.82) is 0 Å². The Bertz CT molecular complexity index is 2310. The summed E-state index contributed by atoms with van der Waals surface area (Å²) in [5, 5.41) is 5.47. The van der Waals surface area contributed by atoms with E-state index >= 15 is 0 Å². The number of hydrogen-bond acceptors (Lipinski definition) is 1. The van der Waals surface area contributed by atoms with Crippen LogP contribution in [0.5, 0.6) is 0 Å². The summed E-state index contributed by atoms with van der Waals surface area (Å²) in [5.74, 6) is 0. The number of rotatable bonds is 2. The van der Waals surface area contributed by atoms with Crippen LogP contribution in [0, 0.1) is 0 Å². The molecule has 0 saturated carbocycles. The summed E-state index contributed by atoms with van der Waals surface area (Å²) in [6, 6.07) is 46.8. The maximum Gasteiger partial charge on any atom is 0.0726 e. The molecular formula is C39H27NS. The highest BCUT2D eigenvalue weighted by Crippen LogP contribution is 2.58. The molecule has 0 N–H and O–H groups in total. The molecule has 0 unspecified atom stereocenters. The molecule has 8 aromatic rings. The zero-order valence-electron chi connectivity index (χ0n) is 23.0. The predicted molar refractivity (Wildman–Crippen MR) is 177 cm³/mol. The number of thiophene rings is 1. The van der Waals surface area contributed by atoms with Crippen LogP contribution in [-0.2, 0) is 5.41 Å². The molecule has 0 saturated heterocycles. The number of nitrogens with zero attached hydrogens (tertiary/aromatic N) is 1. The van der Waals surface area contributed by atoms with Crippen LogP contribution in [0.4, 0.5) is 0 Å². The van der Waals surface area contributed by atoms with E-state index in [0.29, 0.717) is 0 Å². The molecule has 1 aliphatic rings. The fraction of sp³-hybridized carbons (Fsp3) is 0.0769. The molecule has 0 bridgehead atoms. The van der Waals surface area contributed by atoms with Gasteiger partial charge in [0.1, 0.15) is 0 Å². The summed E-state index contributed by atoms with van der Waals surface area (Å²) in [4.78, 5) is 0. The number of aromatic nitrogens is 1. The van der Waals surface area contributed by atoms with Crippen LogP contribution in [0.1, 0.15) is 25.0 Å². The van der Waals surface area contributed by atoms with Crippen molar-refractivity contribution in [2.75, 3.05) is 0 Å². The quantitative estimate of drug-likeness (QED) is 0.205. The van der Waals surface area contributed by atoms with Gasteiger partial charge in [-0.1, -0.05) is 117 Å². The maximum atomic E-state index is 2.52. The van der Waals surface area contributed by atoms with E-state index in [9.17, 15) is 0 Å². The molecule has 0 spiro atoms. The van der Waals surface area contributed by atoms with E-state index in [2.05, 4.69) is 146 Å². The lowest BCUT2D eigenvalue weighted by Crippen LogP contribution is -2.15. The van der Waals surface area contributed by atoms with Crippen molar-refractivity contribution in [2.24, 2.45) is 0 Å². The van der Waals surface area contributed by atoms with Crippen molar-refractivity contribution in [1.82, 2.24) is 4.57 Å². The smallest absolute Gasteiger partial charge is 0.0726 e. The van der Waals surface area contributed by atoms with Gasteiger partial charge in [0.05, 0.1) is 15.7 Å². The predicted octanol–water partition coefficient (Wildman–Crippen LogP) is 11.1. The fourth-order valence-corrected chi connectivity index (χ4v) is 8.65. The van der Waals surface area contributed by atoms with Crippen molar-refractivity contribution in [2.45, 2.75) is 19.3 Å². The summed E-state index contributed by atoms with van der Waals surface area (Å²) in [6.45, 7) is 4.83. The third-order valence-electron chi connectivity index (χ3n) is 9.16. The van der Waals surface area contributed by atoms with Crippen LogP contribution in [0.3, 0.4) is 0 Å². The second-order valence-electron chi connectivity index (χ2n) is 11.7. The van der Waals surface area contributed by atoms with Gasteiger partial charge in [0.2, 0.25) is 0 Å². The van der Waals surface area contributed by atoms with Crippen LogP contribution >= 0.6 is 11.3 Å². The number of fused-ring (bicyclic) bond motifs is 12. The van der Waals surface area contributed by atoms with Gasteiger partial charge in [-0.25, -0.2) is 0 Å². The first-order valence-electron chi connectivity index (χ1n) is 14.3. The maximum absolute atomic E-state index is 2.52. The fourth-order valence-electron chi connectivity index (χ4n) is 7.40. The topological polar surface area (TPSA) is 4.93 Å². The summed E-state index contributed by atoms with van der Waals surface area (Å²) >= 11 is 1.94. The van der Waals surface area contributed by atoms with Gasteiger partial charge in [0, 0.05) is 37.3 Å². The van der Waals surface area contributed by atoms with Crippen molar-refractivity contribution >= 4 is 53.3 Å². The molecule has 2 heteroatoms. The molecule has 0 atom stereocenters. The Morgan fingerprint density at radius 1 is 0.585 bits per heavy atom. The molecule has 194 valence electrons. The van der Waals surface area contributed by atoms with Gasteiger partial charge in [-0.3, -0.25) is 0 Å². The second kappa shape index (κ2) is 8.19. The Kier molecular flexibility index (Phi) is 4.61. The molecule has 9 rings (SSSR count). The normalized spacial score (nSPS) is 13.8. The summed E-state index contributed by atoms with van der Waals surface area (Å²) in [5.41, 5.74) is 11.8. The highest BCUT2D eigenvalue weighted by atomic mass is 32.1. The Labute approximate surface area is 242 Å². The van der Waals surface area contributed by atoms with E-state index in [0.717, 1.165) is 0 Å². The van der Waals surface area contributed by atoms with Gasteiger partial charge in [0.25, 0.3) is 0 Å². The van der Waals surface area contributed by atoms with Crippen LogP contribution in [0.25, 0.3) is 69.9 Å². The van der Waals surface area contributed by atoms with E-state index in [1.54, 1.807) is 0 Å². The van der Waals surface area contributed by atoms with Gasteiger partial charge < -0.3 is 4.57 Å². The van der Waals surface area contributed by atoms with Gasteiger partial charge in [-0.05, 0) is 57.6 Å². The minimum absolute atomic E-state index is 0.0945. The molecule has 41 heavy (non-hydrogen) atoms. The van der Waals surface area contributed by atoms with E-state index in [4.69, 9.17) is 0 Å². The molecular weight excluding hydrogens is 515 g/mol. The molecule has 0 fully saturated rings. The van der Waals surface area contributed by atoms with Crippen LogP contribution in [0.15, 0.2) is 127 Å². The Balaban J connectivity index is 1.49. The first kappa shape index (κ1) is 23.1. The highest BCUT2D eigenvalue weighted by Gasteiger charge is 2.40. The minimum Gasteiger partial charge on any atom is -0.308 e. The third kappa shape index (κ3) is 3.00. The summed E-state index contributed by atoms with van der Waals surface area (Å²) in [6.07, 6.45) is 0. The van der Waals surface area contributed by atoms with Crippen molar-refractivity contribution < 1.29 is 0 Å². The molecule has 2 aromatic heterocycles. The van der Waals surface area contributed by atoms with Crippen LogP contribution in [0.2, 0.25) is 0 Å². The van der Waals surface area contributed by atoms with E-state index < -0.39 is 0 Å². The standard InChI is InChI=1S/C39H27NS/c1-39(2)30-17-9-6-14-27(30)33-34-28-15-7-10-18-31(28)40(26-22-20-25(21-23-26)24-12-4-3-5-13-24)37(34)38-35(36(33)39)29-16-8-11-19-32(29)41-38/h3-23H,1-2H3. The summed E-state index contributed by atoms with van der Waals surface area (Å²) < 4.78 is 5.25. The Morgan fingerprint density at radius 2 is 1.24 bits per heavy atom. The number of benzene rings is 6. The monoisotopic (exact) mass is 541 g/mol. The number of para-hydroxylation sites is 1. The van der Waals surface area contributed by atoms with Crippen molar-refractivity contribution in [3.05, 3.63) is 139 Å². The minimum atomic E-state index is -0.0945. The lowest BCUT2D eigenvalue weighted by atomic mass is 9.80. The highest BCUT2D eigenvalue weighted by molar-refractivity contribution is 7.26. The van der Waals surface area contributed by atoms with Gasteiger partial charge in [0.15, 0.2) is 0 Å². The Hall–Kier alpha value is -4.66. The van der Waals surface area contributed by atoms with Gasteiger partial charge in [-0.15, -0.1) is 11.3 Å². The van der Waals surface area contributed by atoms with Crippen LogP contribution < -0.4 is 0 Å². The SMILES string of the molecule is CC1(C)c2ccccc2-c2c1c1c3ccccc3sc1c1c2c2ccccc2n1-c1ccc(-c2ccccc2)cc1. The first-order valence-corrected chi connectivity index (χ1v) is 15.1. The third-order valence-corrected chi connectivity index (χ3v) is 10.3. The van der Waals surface area contributed by atoms with E-state index in [-0.39, 0.29) is 5.41 Å². The molecule has 1 aliphatic carbocycles. The lowest BCUT2D eigenvalue weighted by Gasteiger charge is -2.23. The van der Waals surface area contributed by atoms with E-state index in [1.165, 1.54) is 81.0 Å². The largest absolute Gasteiger partial charge is 0.308 e. The average molecular weight is 542 g/mol. The number of hydrogen-bond donors (Lipinski definition) is 0.